The van der Waals surface area contributed by atoms with Gasteiger partial charge in [-0.1, -0.05) is 17.7 Å². The van der Waals surface area contributed by atoms with Gasteiger partial charge in [-0.15, -0.1) is 0 Å². The summed E-state index contributed by atoms with van der Waals surface area (Å²) < 4.78 is 25.4. The SMILES string of the molecule is N#Cc1cccc(S(=O)(=O)c2c[nH]c3ccc(Cl)cc3c2=O)c1. The average Bonchev–Trinajstić information content (AvgIpc) is 2.55. The molecule has 114 valence electrons. The number of rotatable bonds is 2. The molecule has 5 nitrogen and oxygen atoms in total. The van der Waals surface area contributed by atoms with Crippen LogP contribution in [0.25, 0.3) is 10.9 Å². The van der Waals surface area contributed by atoms with Crippen LogP contribution in [-0.4, -0.2) is 13.4 Å². The summed E-state index contributed by atoms with van der Waals surface area (Å²) in [4.78, 5) is 14.8. The molecule has 0 saturated heterocycles. The minimum atomic E-state index is -4.04. The fourth-order valence-corrected chi connectivity index (χ4v) is 3.77. The molecule has 7 heteroatoms. The van der Waals surface area contributed by atoms with Crippen LogP contribution in [-0.2, 0) is 9.84 Å². The standard InChI is InChI=1S/C16H9ClN2O3S/c17-11-4-5-14-13(7-11)16(20)15(9-19-14)23(21,22)12-3-1-2-10(6-12)8-18/h1-7,9H,(H,19,20). The molecule has 2 aromatic carbocycles. The van der Waals surface area contributed by atoms with Gasteiger partial charge in [0.25, 0.3) is 0 Å². The van der Waals surface area contributed by atoms with Crippen LogP contribution < -0.4 is 5.43 Å². The Morgan fingerprint density at radius 2 is 1.91 bits per heavy atom. The Morgan fingerprint density at radius 3 is 2.65 bits per heavy atom. The summed E-state index contributed by atoms with van der Waals surface area (Å²) in [5, 5.41) is 9.42. The van der Waals surface area contributed by atoms with E-state index in [0.29, 0.717) is 10.5 Å². The number of aromatic nitrogens is 1. The fourth-order valence-electron chi connectivity index (χ4n) is 2.23. The van der Waals surface area contributed by atoms with Gasteiger partial charge in [0, 0.05) is 22.1 Å². The van der Waals surface area contributed by atoms with Gasteiger partial charge < -0.3 is 4.98 Å². The number of H-pyrrole nitrogens is 1. The van der Waals surface area contributed by atoms with Crippen molar-refractivity contribution in [3.05, 3.63) is 69.5 Å². The Morgan fingerprint density at radius 1 is 1.13 bits per heavy atom. The molecular formula is C16H9ClN2O3S. The lowest BCUT2D eigenvalue weighted by atomic mass is 10.2. The van der Waals surface area contributed by atoms with Crippen LogP contribution in [0, 0.1) is 11.3 Å². The summed E-state index contributed by atoms with van der Waals surface area (Å²) in [5.41, 5.74) is 0.0547. The first-order valence-electron chi connectivity index (χ1n) is 6.50. The highest BCUT2D eigenvalue weighted by molar-refractivity contribution is 7.91. The van der Waals surface area contributed by atoms with E-state index in [1.807, 2.05) is 6.07 Å². The molecule has 3 aromatic rings. The zero-order valence-corrected chi connectivity index (χ0v) is 13.1. The molecule has 0 bridgehead atoms. The van der Waals surface area contributed by atoms with Gasteiger partial charge in [-0.05, 0) is 36.4 Å². The second-order valence-corrected chi connectivity index (χ2v) is 7.17. The second-order valence-electron chi connectivity index (χ2n) is 4.82. The number of aromatic amines is 1. The third-order valence-corrected chi connectivity index (χ3v) is 5.36. The van der Waals surface area contributed by atoms with E-state index in [0.717, 1.165) is 6.20 Å². The van der Waals surface area contributed by atoms with E-state index in [1.165, 1.54) is 30.3 Å². The molecule has 0 fully saturated rings. The summed E-state index contributed by atoms with van der Waals surface area (Å²) in [5.74, 6) is 0. The first kappa shape index (κ1) is 15.3. The number of pyridine rings is 1. The highest BCUT2D eigenvalue weighted by Gasteiger charge is 2.22. The predicted octanol–water partition coefficient (Wildman–Crippen LogP) is 2.89. The molecule has 0 aliphatic heterocycles. The lowest BCUT2D eigenvalue weighted by molar-refractivity contribution is 0.595. The molecule has 0 atom stereocenters. The molecule has 0 spiro atoms. The highest BCUT2D eigenvalue weighted by atomic mass is 35.5. The van der Waals surface area contributed by atoms with E-state index in [-0.39, 0.29) is 20.7 Å². The van der Waals surface area contributed by atoms with Crippen LogP contribution in [0.15, 0.2) is 63.2 Å². The second kappa shape index (κ2) is 5.54. The summed E-state index contributed by atoms with van der Waals surface area (Å²) in [6, 6.07) is 12.0. The van der Waals surface area contributed by atoms with Gasteiger partial charge in [0.15, 0.2) is 0 Å². The third-order valence-electron chi connectivity index (χ3n) is 3.37. The number of nitrogens with one attached hydrogen (secondary N) is 1. The van der Waals surface area contributed by atoms with Crippen molar-refractivity contribution in [2.24, 2.45) is 0 Å². The number of nitriles is 1. The zero-order chi connectivity index (χ0) is 16.6. The quantitative estimate of drug-likeness (QED) is 0.773. The van der Waals surface area contributed by atoms with Crippen molar-refractivity contribution in [3.63, 3.8) is 0 Å². The molecule has 0 radical (unpaired) electrons. The monoisotopic (exact) mass is 344 g/mol. The Bertz CT molecular complexity index is 1130. The molecular weight excluding hydrogens is 336 g/mol. The zero-order valence-electron chi connectivity index (χ0n) is 11.6. The largest absolute Gasteiger partial charge is 0.360 e. The van der Waals surface area contributed by atoms with E-state index >= 15 is 0 Å². The average molecular weight is 345 g/mol. The topological polar surface area (TPSA) is 90.8 Å². The Labute approximate surface area is 136 Å². The van der Waals surface area contributed by atoms with Crippen molar-refractivity contribution in [2.45, 2.75) is 9.79 Å². The number of nitrogens with zero attached hydrogens (tertiary/aromatic N) is 1. The van der Waals surface area contributed by atoms with Gasteiger partial charge in [0.2, 0.25) is 15.3 Å². The Hall–Kier alpha value is -2.62. The molecule has 0 saturated carbocycles. The summed E-state index contributed by atoms with van der Waals surface area (Å²) in [7, 11) is -4.04. The maximum absolute atomic E-state index is 12.7. The maximum Gasteiger partial charge on any atom is 0.211 e. The molecule has 0 unspecified atom stereocenters. The number of benzene rings is 2. The van der Waals surface area contributed by atoms with Crippen molar-refractivity contribution in [1.82, 2.24) is 4.98 Å². The first-order valence-corrected chi connectivity index (χ1v) is 8.36. The van der Waals surface area contributed by atoms with Crippen molar-refractivity contribution in [3.8, 4) is 6.07 Å². The lowest BCUT2D eigenvalue weighted by Gasteiger charge is -2.06. The normalized spacial score (nSPS) is 11.3. The third kappa shape index (κ3) is 2.61. The molecule has 1 N–H and O–H groups in total. The van der Waals surface area contributed by atoms with Gasteiger partial charge in [0.1, 0.15) is 4.90 Å². The van der Waals surface area contributed by atoms with Crippen LogP contribution in [0.1, 0.15) is 5.56 Å². The fraction of sp³-hybridized carbons (Fsp3) is 0. The molecule has 0 aliphatic rings. The van der Waals surface area contributed by atoms with Crippen molar-refractivity contribution in [2.75, 3.05) is 0 Å². The van der Waals surface area contributed by atoms with E-state index in [9.17, 15) is 13.2 Å². The molecule has 1 aromatic heterocycles. The Balaban J connectivity index is 2.29. The molecule has 0 aliphatic carbocycles. The minimum absolute atomic E-state index is 0.108. The lowest BCUT2D eigenvalue weighted by Crippen LogP contribution is -2.16. The van der Waals surface area contributed by atoms with Crippen LogP contribution in [0.5, 0.6) is 0 Å². The number of hydrogen-bond donors (Lipinski definition) is 1. The molecule has 0 amide bonds. The van der Waals surface area contributed by atoms with E-state index in [2.05, 4.69) is 4.98 Å². The van der Waals surface area contributed by atoms with Crippen molar-refractivity contribution >= 4 is 32.3 Å². The van der Waals surface area contributed by atoms with Crippen LogP contribution in [0.4, 0.5) is 0 Å². The van der Waals surface area contributed by atoms with Gasteiger partial charge in [0.05, 0.1) is 16.5 Å². The Kier molecular flexibility index (Phi) is 3.68. The van der Waals surface area contributed by atoms with Gasteiger partial charge >= 0.3 is 0 Å². The molecule has 1 heterocycles. The van der Waals surface area contributed by atoms with E-state index in [4.69, 9.17) is 16.9 Å². The maximum atomic E-state index is 12.7. The minimum Gasteiger partial charge on any atom is -0.360 e. The number of sulfone groups is 1. The molecule has 23 heavy (non-hydrogen) atoms. The first-order chi connectivity index (χ1) is 10.9. The van der Waals surface area contributed by atoms with Crippen molar-refractivity contribution < 1.29 is 8.42 Å². The highest BCUT2D eigenvalue weighted by Crippen LogP contribution is 2.21. The smallest absolute Gasteiger partial charge is 0.211 e. The number of halogens is 1. The van der Waals surface area contributed by atoms with Gasteiger partial charge in [-0.2, -0.15) is 5.26 Å². The van der Waals surface area contributed by atoms with Crippen LogP contribution >= 0.6 is 11.6 Å². The van der Waals surface area contributed by atoms with E-state index < -0.39 is 15.3 Å². The number of fused-ring (bicyclic) bond motifs is 1. The van der Waals surface area contributed by atoms with Gasteiger partial charge in [-0.3, -0.25) is 4.79 Å². The summed E-state index contributed by atoms with van der Waals surface area (Å²) >= 11 is 5.88. The predicted molar refractivity (Wildman–Crippen MR) is 86.2 cm³/mol. The van der Waals surface area contributed by atoms with Gasteiger partial charge in [-0.25, -0.2) is 8.42 Å². The summed E-state index contributed by atoms with van der Waals surface area (Å²) in [6.07, 6.45) is 1.16. The van der Waals surface area contributed by atoms with Crippen LogP contribution in [0.3, 0.4) is 0 Å². The van der Waals surface area contributed by atoms with E-state index in [1.54, 1.807) is 12.1 Å². The van der Waals surface area contributed by atoms with Crippen molar-refractivity contribution in [1.29, 1.82) is 5.26 Å². The molecule has 3 rings (SSSR count). The number of hydrogen-bond acceptors (Lipinski definition) is 4. The summed E-state index contributed by atoms with van der Waals surface area (Å²) in [6.45, 7) is 0. The van der Waals surface area contributed by atoms with Crippen LogP contribution in [0.2, 0.25) is 5.02 Å².